The van der Waals surface area contributed by atoms with E-state index in [0.717, 1.165) is 11.8 Å². The molecule has 2 aliphatic rings. The van der Waals surface area contributed by atoms with Gasteiger partial charge in [-0.05, 0) is 42.9 Å². The lowest BCUT2D eigenvalue weighted by atomic mass is 9.75. The zero-order chi connectivity index (χ0) is 8.55. The van der Waals surface area contributed by atoms with Gasteiger partial charge in [-0.15, -0.1) is 0 Å². The van der Waals surface area contributed by atoms with E-state index in [9.17, 15) is 0 Å². The monoisotopic (exact) mass is 166 g/mol. The van der Waals surface area contributed by atoms with Crippen molar-refractivity contribution in [1.29, 1.82) is 0 Å². The van der Waals surface area contributed by atoms with Gasteiger partial charge in [0.15, 0.2) is 0 Å². The fourth-order valence-corrected chi connectivity index (χ4v) is 3.48. The lowest BCUT2D eigenvalue weighted by Crippen LogP contribution is -2.21. The van der Waals surface area contributed by atoms with Crippen molar-refractivity contribution >= 4 is 0 Å². The summed E-state index contributed by atoms with van der Waals surface area (Å²) in [5.74, 6) is 4.55. The average Bonchev–Trinajstić information content (AvgIpc) is 2.83. The summed E-state index contributed by atoms with van der Waals surface area (Å²) in [6.45, 7) is 4.74. The minimum absolute atomic E-state index is 1.10. The van der Waals surface area contributed by atoms with E-state index >= 15 is 0 Å². The van der Waals surface area contributed by atoms with E-state index in [1.807, 2.05) is 0 Å². The third-order valence-corrected chi connectivity index (χ3v) is 4.17. The van der Waals surface area contributed by atoms with Crippen LogP contribution in [0, 0.1) is 23.7 Å². The van der Waals surface area contributed by atoms with Crippen LogP contribution in [0.1, 0.15) is 52.4 Å². The normalized spacial score (nSPS) is 45.5. The lowest BCUT2D eigenvalue weighted by molar-refractivity contribution is 0.201. The number of rotatable bonds is 3. The smallest absolute Gasteiger partial charge is 0.0352 e. The topological polar surface area (TPSA) is 0 Å². The molecule has 0 unspecified atom stereocenters. The summed E-state index contributed by atoms with van der Waals surface area (Å²) in [5.41, 5.74) is 0. The van der Waals surface area contributed by atoms with Crippen molar-refractivity contribution in [2.75, 3.05) is 0 Å². The Morgan fingerprint density at radius 3 is 2.67 bits per heavy atom. The quantitative estimate of drug-likeness (QED) is 0.597. The van der Waals surface area contributed by atoms with E-state index in [2.05, 4.69) is 13.8 Å². The van der Waals surface area contributed by atoms with Gasteiger partial charge in [0.05, 0.1) is 0 Å². The Morgan fingerprint density at radius 2 is 2.00 bits per heavy atom. The Bertz CT molecular complexity index is 150. The van der Waals surface area contributed by atoms with Gasteiger partial charge in [0.1, 0.15) is 0 Å². The molecular formula is C12H22. The zero-order valence-corrected chi connectivity index (χ0v) is 8.55. The second kappa shape index (κ2) is 3.40. The van der Waals surface area contributed by atoms with Crippen LogP contribution in [0.2, 0.25) is 0 Å². The molecule has 0 N–H and O–H groups in total. The van der Waals surface area contributed by atoms with Crippen molar-refractivity contribution in [2.45, 2.75) is 52.4 Å². The van der Waals surface area contributed by atoms with E-state index in [1.165, 1.54) is 31.1 Å². The standard InChI is InChI=1S/C12H22/c1-3-5-9-6-7-10-8-12(10)11(9)4-2/h9-12H,3-8H2,1-2H3/t9-,10-,11-,12+/m1/s1. The molecule has 0 heteroatoms. The molecule has 0 spiro atoms. The Labute approximate surface area is 76.7 Å². The molecule has 0 aromatic carbocycles. The first-order valence-corrected chi connectivity index (χ1v) is 5.86. The molecule has 12 heavy (non-hydrogen) atoms. The summed E-state index contributed by atoms with van der Waals surface area (Å²) < 4.78 is 0. The average molecular weight is 166 g/mol. The molecule has 2 fully saturated rings. The first-order valence-electron chi connectivity index (χ1n) is 5.86. The van der Waals surface area contributed by atoms with Gasteiger partial charge < -0.3 is 0 Å². The molecule has 0 bridgehead atoms. The Kier molecular flexibility index (Phi) is 2.43. The molecule has 70 valence electrons. The van der Waals surface area contributed by atoms with Crippen LogP contribution in [-0.4, -0.2) is 0 Å². The largest absolute Gasteiger partial charge is 0.0654 e. The first-order chi connectivity index (χ1) is 5.86. The number of hydrogen-bond acceptors (Lipinski definition) is 0. The van der Waals surface area contributed by atoms with Crippen LogP contribution in [0.3, 0.4) is 0 Å². The molecule has 2 saturated carbocycles. The second-order valence-electron chi connectivity index (χ2n) is 4.86. The van der Waals surface area contributed by atoms with E-state index < -0.39 is 0 Å². The summed E-state index contributed by atoms with van der Waals surface area (Å²) in [4.78, 5) is 0. The minimum Gasteiger partial charge on any atom is -0.0654 e. The highest BCUT2D eigenvalue weighted by molar-refractivity contribution is 4.97. The second-order valence-corrected chi connectivity index (χ2v) is 4.86. The summed E-state index contributed by atoms with van der Waals surface area (Å²) in [7, 11) is 0. The van der Waals surface area contributed by atoms with Crippen LogP contribution in [0.4, 0.5) is 0 Å². The first kappa shape index (κ1) is 8.59. The molecule has 0 heterocycles. The lowest BCUT2D eigenvalue weighted by Gasteiger charge is -2.30. The maximum Gasteiger partial charge on any atom is -0.0352 e. The summed E-state index contributed by atoms with van der Waals surface area (Å²) in [5, 5.41) is 0. The van der Waals surface area contributed by atoms with E-state index in [-0.39, 0.29) is 0 Å². The van der Waals surface area contributed by atoms with E-state index in [1.54, 1.807) is 19.3 Å². The maximum atomic E-state index is 2.40. The predicted molar refractivity (Wildman–Crippen MR) is 53.0 cm³/mol. The van der Waals surface area contributed by atoms with Crippen LogP contribution in [0.25, 0.3) is 0 Å². The summed E-state index contributed by atoms with van der Waals surface area (Å²) >= 11 is 0. The van der Waals surface area contributed by atoms with E-state index in [0.29, 0.717) is 0 Å². The molecule has 0 aliphatic heterocycles. The molecular weight excluding hydrogens is 144 g/mol. The van der Waals surface area contributed by atoms with Crippen molar-refractivity contribution in [2.24, 2.45) is 23.7 Å². The van der Waals surface area contributed by atoms with Crippen LogP contribution in [0.5, 0.6) is 0 Å². The Balaban J connectivity index is 1.92. The highest BCUT2D eigenvalue weighted by Gasteiger charge is 2.47. The fraction of sp³-hybridized carbons (Fsp3) is 1.00. The van der Waals surface area contributed by atoms with Crippen LogP contribution in [-0.2, 0) is 0 Å². The van der Waals surface area contributed by atoms with Crippen LogP contribution < -0.4 is 0 Å². The SMILES string of the molecule is CCC[C@@H]1CC[C@@H]2C[C@@H]2[C@@H]1CC. The van der Waals surface area contributed by atoms with Crippen LogP contribution in [0.15, 0.2) is 0 Å². The minimum atomic E-state index is 1.10. The van der Waals surface area contributed by atoms with Crippen molar-refractivity contribution in [3.63, 3.8) is 0 Å². The van der Waals surface area contributed by atoms with Gasteiger partial charge in [-0.1, -0.05) is 33.1 Å². The number of hydrogen-bond donors (Lipinski definition) is 0. The summed E-state index contributed by atoms with van der Waals surface area (Å²) in [6, 6.07) is 0. The molecule has 0 amide bonds. The maximum absolute atomic E-state index is 2.40. The molecule has 2 rings (SSSR count). The van der Waals surface area contributed by atoms with Gasteiger partial charge in [-0.25, -0.2) is 0 Å². The molecule has 0 saturated heterocycles. The van der Waals surface area contributed by atoms with Gasteiger partial charge in [-0.2, -0.15) is 0 Å². The van der Waals surface area contributed by atoms with Crippen molar-refractivity contribution in [3.8, 4) is 0 Å². The number of fused-ring (bicyclic) bond motifs is 1. The molecule has 0 radical (unpaired) electrons. The molecule has 2 aliphatic carbocycles. The molecule has 0 aromatic heterocycles. The van der Waals surface area contributed by atoms with Gasteiger partial charge in [0, 0.05) is 0 Å². The van der Waals surface area contributed by atoms with Gasteiger partial charge >= 0.3 is 0 Å². The summed E-state index contributed by atoms with van der Waals surface area (Å²) in [6.07, 6.45) is 9.05. The van der Waals surface area contributed by atoms with Crippen molar-refractivity contribution < 1.29 is 0 Å². The molecule has 0 aromatic rings. The van der Waals surface area contributed by atoms with Crippen molar-refractivity contribution in [3.05, 3.63) is 0 Å². The molecule has 0 nitrogen and oxygen atoms in total. The predicted octanol–water partition coefficient (Wildman–Crippen LogP) is 3.86. The fourth-order valence-electron chi connectivity index (χ4n) is 3.48. The third kappa shape index (κ3) is 1.41. The van der Waals surface area contributed by atoms with Crippen molar-refractivity contribution in [1.82, 2.24) is 0 Å². The van der Waals surface area contributed by atoms with E-state index in [4.69, 9.17) is 0 Å². The highest BCUT2D eigenvalue weighted by Crippen LogP contribution is 2.56. The van der Waals surface area contributed by atoms with Gasteiger partial charge in [0.25, 0.3) is 0 Å². The zero-order valence-electron chi connectivity index (χ0n) is 8.55. The Morgan fingerprint density at radius 1 is 1.17 bits per heavy atom. The van der Waals surface area contributed by atoms with Gasteiger partial charge in [-0.3, -0.25) is 0 Å². The highest BCUT2D eigenvalue weighted by atomic mass is 14.5. The Hall–Kier alpha value is 0. The molecule has 4 atom stereocenters. The van der Waals surface area contributed by atoms with Crippen LogP contribution >= 0.6 is 0 Å². The van der Waals surface area contributed by atoms with Gasteiger partial charge in [0.2, 0.25) is 0 Å². The third-order valence-electron chi connectivity index (χ3n) is 4.17.